The Bertz CT molecular complexity index is 704. The number of aryl methyl sites for hydroxylation is 2. The molecule has 0 fully saturated rings. The number of fused-ring (bicyclic) bond motifs is 1. The number of nitriles is 1. The number of para-hydroxylation sites is 1. The molecule has 0 spiro atoms. The molecule has 2 aromatic rings. The van der Waals surface area contributed by atoms with Crippen LogP contribution in [0.15, 0.2) is 30.3 Å². The number of hydrogen-bond donors (Lipinski definition) is 2. The largest absolute Gasteiger partial charge is 0.508 e. The zero-order valence-electron chi connectivity index (χ0n) is 11.8. The summed E-state index contributed by atoms with van der Waals surface area (Å²) in [6.45, 7) is 0.452. The van der Waals surface area contributed by atoms with E-state index in [0.717, 1.165) is 30.5 Å². The molecule has 3 rings (SSSR count). The fraction of sp³-hybridized carbons (Fsp3) is 0.294. The van der Waals surface area contributed by atoms with Crippen LogP contribution in [0, 0.1) is 11.3 Å². The number of aromatic nitrogens is 1. The van der Waals surface area contributed by atoms with E-state index in [4.69, 9.17) is 0 Å². The average molecular weight is 279 g/mol. The van der Waals surface area contributed by atoms with E-state index in [1.165, 1.54) is 12.0 Å². The van der Waals surface area contributed by atoms with Gasteiger partial charge in [-0.2, -0.15) is 5.26 Å². The number of hydrogen-bond acceptors (Lipinski definition) is 4. The molecule has 106 valence electrons. The van der Waals surface area contributed by atoms with Crippen LogP contribution in [0.3, 0.4) is 0 Å². The second-order valence-electron chi connectivity index (χ2n) is 5.29. The summed E-state index contributed by atoms with van der Waals surface area (Å²) in [5, 5.41) is 22.3. The van der Waals surface area contributed by atoms with Crippen LogP contribution in [0.4, 0.5) is 5.82 Å². The Hall–Kier alpha value is -2.54. The first kappa shape index (κ1) is 13.4. The highest BCUT2D eigenvalue weighted by Gasteiger charge is 2.15. The van der Waals surface area contributed by atoms with Crippen molar-refractivity contribution in [2.75, 3.05) is 5.32 Å². The molecule has 0 saturated carbocycles. The van der Waals surface area contributed by atoms with Crippen LogP contribution in [0.5, 0.6) is 5.75 Å². The summed E-state index contributed by atoms with van der Waals surface area (Å²) in [6.07, 6.45) is 4.32. The first-order valence-electron chi connectivity index (χ1n) is 7.21. The third-order valence-electron chi connectivity index (χ3n) is 3.86. The van der Waals surface area contributed by atoms with E-state index in [1.54, 1.807) is 12.1 Å². The molecule has 0 bridgehead atoms. The number of phenols is 1. The number of benzene rings is 1. The van der Waals surface area contributed by atoms with Crippen molar-refractivity contribution in [3.63, 3.8) is 0 Å². The molecule has 0 saturated heterocycles. The van der Waals surface area contributed by atoms with Gasteiger partial charge in [0, 0.05) is 17.8 Å². The quantitative estimate of drug-likeness (QED) is 0.905. The maximum absolute atomic E-state index is 9.78. The van der Waals surface area contributed by atoms with Gasteiger partial charge in [-0.05, 0) is 43.4 Å². The summed E-state index contributed by atoms with van der Waals surface area (Å²) in [5.74, 6) is 0.864. The molecule has 0 amide bonds. The van der Waals surface area contributed by atoms with Crippen molar-refractivity contribution in [3.05, 3.63) is 52.7 Å². The number of aromatic hydroxyl groups is 1. The third kappa shape index (κ3) is 2.82. The summed E-state index contributed by atoms with van der Waals surface area (Å²) in [5.41, 5.74) is 3.66. The maximum atomic E-state index is 9.78. The minimum absolute atomic E-state index is 0.251. The van der Waals surface area contributed by atoms with Crippen molar-refractivity contribution in [2.45, 2.75) is 32.2 Å². The summed E-state index contributed by atoms with van der Waals surface area (Å²) in [7, 11) is 0. The molecule has 21 heavy (non-hydrogen) atoms. The Morgan fingerprint density at radius 3 is 2.86 bits per heavy atom. The summed E-state index contributed by atoms with van der Waals surface area (Å²) < 4.78 is 0. The number of nitrogens with zero attached hydrogens (tertiary/aromatic N) is 2. The Balaban J connectivity index is 1.85. The zero-order valence-corrected chi connectivity index (χ0v) is 11.8. The zero-order chi connectivity index (χ0) is 14.7. The highest BCUT2D eigenvalue weighted by Crippen LogP contribution is 2.25. The summed E-state index contributed by atoms with van der Waals surface area (Å²) >= 11 is 0. The second kappa shape index (κ2) is 5.84. The highest BCUT2D eigenvalue weighted by atomic mass is 16.3. The van der Waals surface area contributed by atoms with Gasteiger partial charge < -0.3 is 10.4 Å². The third-order valence-corrected chi connectivity index (χ3v) is 3.86. The molecule has 4 heteroatoms. The van der Waals surface area contributed by atoms with Crippen molar-refractivity contribution < 1.29 is 5.11 Å². The second-order valence-corrected chi connectivity index (χ2v) is 5.29. The molecule has 1 aliphatic rings. The van der Waals surface area contributed by atoms with Crippen molar-refractivity contribution >= 4 is 5.82 Å². The fourth-order valence-corrected chi connectivity index (χ4v) is 2.69. The van der Waals surface area contributed by atoms with Crippen molar-refractivity contribution in [2.24, 2.45) is 0 Å². The average Bonchev–Trinajstić information content (AvgIpc) is 2.53. The summed E-state index contributed by atoms with van der Waals surface area (Å²) in [6, 6.07) is 11.3. The van der Waals surface area contributed by atoms with E-state index in [9.17, 15) is 10.4 Å². The predicted molar refractivity (Wildman–Crippen MR) is 81.0 cm³/mol. The molecule has 0 aliphatic heterocycles. The Labute approximate surface area is 124 Å². The van der Waals surface area contributed by atoms with Gasteiger partial charge >= 0.3 is 0 Å². The van der Waals surface area contributed by atoms with E-state index in [1.807, 2.05) is 18.2 Å². The van der Waals surface area contributed by atoms with Crippen LogP contribution >= 0.6 is 0 Å². The SMILES string of the molecule is N#Cc1cc2c(nc1NCc1ccccc1O)CCCC2. The molecule has 1 heterocycles. The molecule has 2 N–H and O–H groups in total. The normalized spacial score (nSPS) is 13.3. The lowest BCUT2D eigenvalue weighted by molar-refractivity contribution is 0.469. The molecule has 4 nitrogen and oxygen atoms in total. The molecule has 0 atom stereocenters. The molecular weight excluding hydrogens is 262 g/mol. The van der Waals surface area contributed by atoms with Crippen LogP contribution < -0.4 is 5.32 Å². The van der Waals surface area contributed by atoms with Crippen LogP contribution in [0.1, 0.15) is 35.2 Å². The van der Waals surface area contributed by atoms with Crippen molar-refractivity contribution in [1.82, 2.24) is 4.98 Å². The Kier molecular flexibility index (Phi) is 3.74. The highest BCUT2D eigenvalue weighted by molar-refractivity contribution is 5.55. The minimum atomic E-state index is 0.251. The minimum Gasteiger partial charge on any atom is -0.508 e. The lowest BCUT2D eigenvalue weighted by Crippen LogP contribution is -2.10. The van der Waals surface area contributed by atoms with E-state index < -0.39 is 0 Å². The van der Waals surface area contributed by atoms with Gasteiger partial charge in [0.1, 0.15) is 17.6 Å². The first-order chi connectivity index (χ1) is 10.3. The summed E-state index contributed by atoms with van der Waals surface area (Å²) in [4.78, 5) is 4.61. The van der Waals surface area contributed by atoms with Crippen LogP contribution in [0.2, 0.25) is 0 Å². The number of pyridine rings is 1. The number of anilines is 1. The molecule has 0 unspecified atom stereocenters. The van der Waals surface area contributed by atoms with E-state index in [-0.39, 0.29) is 5.75 Å². The van der Waals surface area contributed by atoms with Gasteiger partial charge in [-0.15, -0.1) is 0 Å². The molecule has 0 radical (unpaired) electrons. The van der Waals surface area contributed by atoms with Gasteiger partial charge in [0.05, 0.1) is 5.56 Å². The number of rotatable bonds is 3. The van der Waals surface area contributed by atoms with Crippen molar-refractivity contribution in [1.29, 1.82) is 5.26 Å². The Morgan fingerprint density at radius 2 is 2.05 bits per heavy atom. The topological polar surface area (TPSA) is 68.9 Å². The van der Waals surface area contributed by atoms with E-state index >= 15 is 0 Å². The van der Waals surface area contributed by atoms with Gasteiger partial charge in [-0.3, -0.25) is 0 Å². The standard InChI is InChI=1S/C17H17N3O/c18-10-14-9-12-5-1-3-7-15(12)20-17(14)19-11-13-6-2-4-8-16(13)21/h2,4,6,8-9,21H,1,3,5,7,11H2,(H,19,20). The van der Waals surface area contributed by atoms with Crippen LogP contribution in [-0.2, 0) is 19.4 Å². The maximum Gasteiger partial charge on any atom is 0.144 e. The fourth-order valence-electron chi connectivity index (χ4n) is 2.69. The molecule has 1 aromatic carbocycles. The van der Waals surface area contributed by atoms with Crippen LogP contribution in [-0.4, -0.2) is 10.1 Å². The van der Waals surface area contributed by atoms with E-state index in [2.05, 4.69) is 16.4 Å². The predicted octanol–water partition coefficient (Wildman–Crippen LogP) is 3.15. The molecule has 1 aliphatic carbocycles. The lowest BCUT2D eigenvalue weighted by Gasteiger charge is -2.17. The number of nitrogens with one attached hydrogen (secondary N) is 1. The monoisotopic (exact) mass is 279 g/mol. The lowest BCUT2D eigenvalue weighted by atomic mass is 9.95. The van der Waals surface area contributed by atoms with Gasteiger partial charge in [0.2, 0.25) is 0 Å². The van der Waals surface area contributed by atoms with E-state index in [0.29, 0.717) is 17.9 Å². The van der Waals surface area contributed by atoms with Gasteiger partial charge in [-0.25, -0.2) is 4.98 Å². The first-order valence-corrected chi connectivity index (χ1v) is 7.21. The van der Waals surface area contributed by atoms with Crippen molar-refractivity contribution in [3.8, 4) is 11.8 Å². The molecule has 1 aromatic heterocycles. The smallest absolute Gasteiger partial charge is 0.144 e. The van der Waals surface area contributed by atoms with Gasteiger partial charge in [0.15, 0.2) is 0 Å². The van der Waals surface area contributed by atoms with Gasteiger partial charge in [-0.1, -0.05) is 18.2 Å². The van der Waals surface area contributed by atoms with Crippen LogP contribution in [0.25, 0.3) is 0 Å². The molecular formula is C17H17N3O. The number of phenolic OH excluding ortho intramolecular Hbond substituents is 1. The Morgan fingerprint density at radius 1 is 1.24 bits per heavy atom. The van der Waals surface area contributed by atoms with Gasteiger partial charge in [0.25, 0.3) is 0 Å².